The summed E-state index contributed by atoms with van der Waals surface area (Å²) in [7, 11) is 5.59. The molecule has 2 fully saturated rings. The van der Waals surface area contributed by atoms with E-state index >= 15 is 0 Å². The van der Waals surface area contributed by atoms with Crippen LogP contribution in [-0.4, -0.2) is 61.8 Å². The summed E-state index contributed by atoms with van der Waals surface area (Å²) in [4.78, 5) is 18.6. The quantitative estimate of drug-likeness (QED) is 0.877. The van der Waals surface area contributed by atoms with E-state index in [1.165, 1.54) is 0 Å². The van der Waals surface area contributed by atoms with Crippen molar-refractivity contribution in [3.05, 3.63) is 23.9 Å². The molecule has 3 rings (SSSR count). The zero-order chi connectivity index (χ0) is 15.0. The minimum Gasteiger partial charge on any atom is -0.481 e. The number of nitrogens with one attached hydrogen (secondary N) is 1. The first-order chi connectivity index (χ1) is 10.1. The molecule has 1 aromatic heterocycles. The monoisotopic (exact) mass is 291 g/mol. The molecule has 1 N–H and O–H groups in total. The number of hydrogen-bond acceptors (Lipinski definition) is 5. The molecule has 1 aromatic rings. The van der Waals surface area contributed by atoms with Crippen molar-refractivity contribution in [1.29, 1.82) is 0 Å². The zero-order valence-corrected chi connectivity index (χ0v) is 12.6. The molecule has 1 aliphatic heterocycles. The van der Waals surface area contributed by atoms with Crippen molar-refractivity contribution >= 4 is 5.91 Å². The van der Waals surface area contributed by atoms with Gasteiger partial charge in [-0.1, -0.05) is 0 Å². The van der Waals surface area contributed by atoms with Gasteiger partial charge in [-0.3, -0.25) is 4.79 Å². The van der Waals surface area contributed by atoms with Crippen molar-refractivity contribution in [2.75, 3.05) is 27.8 Å². The van der Waals surface area contributed by atoms with Gasteiger partial charge in [-0.25, -0.2) is 4.98 Å². The van der Waals surface area contributed by atoms with E-state index in [1.54, 1.807) is 25.4 Å². The van der Waals surface area contributed by atoms with E-state index in [0.717, 1.165) is 13.0 Å². The molecule has 6 heteroatoms. The van der Waals surface area contributed by atoms with Gasteiger partial charge < -0.3 is 19.7 Å². The van der Waals surface area contributed by atoms with Gasteiger partial charge in [-0.15, -0.1) is 0 Å². The third-order valence-corrected chi connectivity index (χ3v) is 4.45. The smallest absolute Gasteiger partial charge is 0.251 e. The Kier molecular flexibility index (Phi) is 3.82. The molecule has 2 aliphatic rings. The standard InChI is InChI=1S/C15H21N3O3/c1-18(2)13-12(10-5-7-21-14(10)13)17-15(19)9-4-6-16-11(8-9)20-3/h4,6,8,10,12-14H,5,7H2,1-3H3,(H,17,19)/t10-,12+,13-,14-/m1/s1. The van der Waals surface area contributed by atoms with Crippen molar-refractivity contribution in [2.45, 2.75) is 24.6 Å². The molecule has 1 saturated carbocycles. The Balaban J connectivity index is 1.71. The molecule has 0 radical (unpaired) electrons. The van der Waals surface area contributed by atoms with Gasteiger partial charge in [-0.05, 0) is 26.6 Å². The van der Waals surface area contributed by atoms with Crippen molar-refractivity contribution in [3.63, 3.8) is 0 Å². The first-order valence-electron chi connectivity index (χ1n) is 7.20. The van der Waals surface area contributed by atoms with Crippen LogP contribution < -0.4 is 10.1 Å². The van der Waals surface area contributed by atoms with Gasteiger partial charge in [0, 0.05) is 30.4 Å². The highest BCUT2D eigenvalue weighted by molar-refractivity contribution is 5.94. The lowest BCUT2D eigenvalue weighted by atomic mass is 9.71. The number of pyridine rings is 1. The highest BCUT2D eigenvalue weighted by Crippen LogP contribution is 2.41. The minimum absolute atomic E-state index is 0.0853. The van der Waals surface area contributed by atoms with Gasteiger partial charge in [0.25, 0.3) is 5.91 Å². The number of methoxy groups -OCH3 is 1. The van der Waals surface area contributed by atoms with E-state index < -0.39 is 0 Å². The number of nitrogens with zero attached hydrogens (tertiary/aromatic N) is 2. The zero-order valence-electron chi connectivity index (χ0n) is 12.6. The van der Waals surface area contributed by atoms with E-state index in [2.05, 4.69) is 15.2 Å². The Morgan fingerprint density at radius 3 is 3.05 bits per heavy atom. The first kappa shape index (κ1) is 14.3. The third-order valence-electron chi connectivity index (χ3n) is 4.45. The lowest BCUT2D eigenvalue weighted by molar-refractivity contribution is -0.0664. The lowest BCUT2D eigenvalue weighted by Crippen LogP contribution is -2.69. The number of carbonyl (C=O) groups excluding carboxylic acids is 1. The van der Waals surface area contributed by atoms with Crippen LogP contribution in [0.1, 0.15) is 16.8 Å². The van der Waals surface area contributed by atoms with Crippen LogP contribution in [0.3, 0.4) is 0 Å². The van der Waals surface area contributed by atoms with Crippen LogP contribution in [0, 0.1) is 5.92 Å². The van der Waals surface area contributed by atoms with Gasteiger partial charge in [0.1, 0.15) is 0 Å². The van der Waals surface area contributed by atoms with Crippen molar-refractivity contribution in [1.82, 2.24) is 15.2 Å². The number of fused-ring (bicyclic) bond motifs is 1. The Labute approximate surface area is 124 Å². The van der Waals surface area contributed by atoms with Crippen LogP contribution in [0.4, 0.5) is 0 Å². The van der Waals surface area contributed by atoms with Crippen molar-refractivity contribution < 1.29 is 14.3 Å². The topological polar surface area (TPSA) is 63.7 Å². The van der Waals surface area contributed by atoms with Crippen LogP contribution in [-0.2, 0) is 4.74 Å². The molecule has 114 valence electrons. The number of likely N-dealkylation sites (N-methyl/N-ethyl adjacent to an activating group) is 1. The summed E-state index contributed by atoms with van der Waals surface area (Å²) in [5.41, 5.74) is 0.571. The van der Waals surface area contributed by atoms with Gasteiger partial charge in [0.2, 0.25) is 5.88 Å². The fourth-order valence-electron chi connectivity index (χ4n) is 3.38. The number of rotatable bonds is 4. The average molecular weight is 291 g/mol. The molecule has 21 heavy (non-hydrogen) atoms. The maximum atomic E-state index is 12.4. The molecule has 0 unspecified atom stereocenters. The molecule has 1 aliphatic carbocycles. The average Bonchev–Trinajstić information content (AvgIpc) is 2.87. The summed E-state index contributed by atoms with van der Waals surface area (Å²) in [6.45, 7) is 0.787. The molecule has 1 saturated heterocycles. The van der Waals surface area contributed by atoms with E-state index in [9.17, 15) is 4.79 Å². The van der Waals surface area contributed by atoms with Crippen LogP contribution >= 0.6 is 0 Å². The second kappa shape index (κ2) is 5.61. The first-order valence-corrected chi connectivity index (χ1v) is 7.20. The summed E-state index contributed by atoms with van der Waals surface area (Å²) in [6.07, 6.45) is 2.84. The minimum atomic E-state index is -0.0853. The second-order valence-electron chi connectivity index (χ2n) is 5.83. The van der Waals surface area contributed by atoms with Crippen LogP contribution in [0.2, 0.25) is 0 Å². The number of hydrogen-bond donors (Lipinski definition) is 1. The number of carbonyl (C=O) groups is 1. The van der Waals surface area contributed by atoms with Gasteiger partial charge >= 0.3 is 0 Å². The Hall–Kier alpha value is -1.66. The maximum Gasteiger partial charge on any atom is 0.251 e. The number of amides is 1. The second-order valence-corrected chi connectivity index (χ2v) is 5.83. The van der Waals surface area contributed by atoms with Crippen molar-refractivity contribution in [3.8, 4) is 5.88 Å². The third kappa shape index (κ3) is 2.49. The fourth-order valence-corrected chi connectivity index (χ4v) is 3.38. The van der Waals surface area contributed by atoms with Crippen molar-refractivity contribution in [2.24, 2.45) is 5.92 Å². The Morgan fingerprint density at radius 1 is 1.52 bits per heavy atom. The summed E-state index contributed by atoms with van der Waals surface area (Å²) >= 11 is 0. The SMILES string of the molecule is COc1cc(C(=O)N[C@H]2[C@H]3CCO[C@H]3[C@@H]2N(C)C)ccn1. The largest absolute Gasteiger partial charge is 0.481 e. The van der Waals surface area contributed by atoms with E-state index in [1.807, 2.05) is 14.1 Å². The molecular formula is C15H21N3O3. The lowest BCUT2D eigenvalue weighted by Gasteiger charge is -2.50. The predicted octanol–water partition coefficient (Wildman–Crippen LogP) is 0.537. The number of aromatic nitrogens is 1. The normalized spacial score (nSPS) is 30.7. The number of ether oxygens (including phenoxy) is 2. The molecule has 0 spiro atoms. The molecule has 2 heterocycles. The van der Waals surface area contributed by atoms with Crippen LogP contribution in [0.25, 0.3) is 0 Å². The highest BCUT2D eigenvalue weighted by Gasteiger charge is 2.55. The summed E-state index contributed by atoms with van der Waals surface area (Å²) < 4.78 is 10.8. The summed E-state index contributed by atoms with van der Waals surface area (Å²) in [5.74, 6) is 0.783. The van der Waals surface area contributed by atoms with Gasteiger partial charge in [0.05, 0.1) is 25.3 Å². The van der Waals surface area contributed by atoms with Gasteiger partial charge in [0.15, 0.2) is 0 Å². The van der Waals surface area contributed by atoms with Crippen LogP contribution in [0.15, 0.2) is 18.3 Å². The van der Waals surface area contributed by atoms with Gasteiger partial charge in [-0.2, -0.15) is 0 Å². The molecule has 1 amide bonds. The van der Waals surface area contributed by atoms with E-state index in [4.69, 9.17) is 9.47 Å². The highest BCUT2D eigenvalue weighted by atomic mass is 16.5. The summed E-state index contributed by atoms with van der Waals surface area (Å²) in [5, 5.41) is 3.14. The molecule has 4 atom stereocenters. The van der Waals surface area contributed by atoms with E-state index in [-0.39, 0.29) is 24.1 Å². The van der Waals surface area contributed by atoms with Crippen LogP contribution in [0.5, 0.6) is 5.88 Å². The molecule has 0 bridgehead atoms. The molecule has 0 aromatic carbocycles. The maximum absolute atomic E-state index is 12.4. The molecule has 6 nitrogen and oxygen atoms in total. The predicted molar refractivity (Wildman–Crippen MR) is 77.4 cm³/mol. The fraction of sp³-hybridized carbons (Fsp3) is 0.600. The Morgan fingerprint density at radius 2 is 2.33 bits per heavy atom. The Bertz CT molecular complexity index is 535. The van der Waals surface area contributed by atoms with E-state index in [0.29, 0.717) is 17.4 Å². The molecular weight excluding hydrogens is 270 g/mol. The summed E-state index contributed by atoms with van der Waals surface area (Å²) in [6, 6.07) is 3.73.